The van der Waals surface area contributed by atoms with Gasteiger partial charge in [-0.3, -0.25) is 0 Å². The average molecular weight is 272 g/mol. The van der Waals surface area contributed by atoms with Crippen molar-refractivity contribution >= 4 is 0 Å². The standard InChI is InChI=1S/C16H24N4/c1-12(2)9-17-10-15-6-5-7-16(8-15)11-20-14(4)18-13(3)19-20/h5-8,12,17H,9-11H2,1-4H3. The van der Waals surface area contributed by atoms with Gasteiger partial charge in [0, 0.05) is 6.54 Å². The molecule has 0 atom stereocenters. The quantitative estimate of drug-likeness (QED) is 0.879. The smallest absolute Gasteiger partial charge is 0.147 e. The van der Waals surface area contributed by atoms with E-state index in [4.69, 9.17) is 0 Å². The van der Waals surface area contributed by atoms with E-state index in [0.29, 0.717) is 5.92 Å². The first-order valence-corrected chi connectivity index (χ1v) is 7.21. The lowest BCUT2D eigenvalue weighted by molar-refractivity contribution is 0.552. The lowest BCUT2D eigenvalue weighted by Crippen LogP contribution is -2.19. The van der Waals surface area contributed by atoms with Crippen molar-refractivity contribution < 1.29 is 0 Å². The molecule has 2 rings (SSSR count). The van der Waals surface area contributed by atoms with Crippen LogP contribution in [-0.4, -0.2) is 21.3 Å². The summed E-state index contributed by atoms with van der Waals surface area (Å²) in [5.74, 6) is 2.47. The minimum Gasteiger partial charge on any atom is -0.312 e. The molecule has 0 bridgehead atoms. The molecule has 2 aromatic rings. The first-order valence-electron chi connectivity index (χ1n) is 7.21. The molecule has 0 saturated heterocycles. The van der Waals surface area contributed by atoms with Crippen LogP contribution in [0.3, 0.4) is 0 Å². The van der Waals surface area contributed by atoms with Gasteiger partial charge in [-0.05, 0) is 37.4 Å². The van der Waals surface area contributed by atoms with E-state index < -0.39 is 0 Å². The molecule has 4 heteroatoms. The molecule has 0 unspecified atom stereocenters. The fourth-order valence-electron chi connectivity index (χ4n) is 2.23. The molecule has 4 nitrogen and oxygen atoms in total. The number of aromatic nitrogens is 3. The van der Waals surface area contributed by atoms with E-state index in [1.165, 1.54) is 11.1 Å². The van der Waals surface area contributed by atoms with Gasteiger partial charge in [-0.2, -0.15) is 5.10 Å². The first kappa shape index (κ1) is 14.7. The molecule has 108 valence electrons. The maximum absolute atomic E-state index is 4.41. The summed E-state index contributed by atoms with van der Waals surface area (Å²) in [6, 6.07) is 8.66. The molecule has 20 heavy (non-hydrogen) atoms. The van der Waals surface area contributed by atoms with Crippen molar-refractivity contribution in [3.05, 3.63) is 47.0 Å². The predicted octanol–water partition coefficient (Wildman–Crippen LogP) is 2.69. The lowest BCUT2D eigenvalue weighted by Gasteiger charge is -2.09. The Morgan fingerprint density at radius 3 is 2.60 bits per heavy atom. The van der Waals surface area contributed by atoms with Crippen LogP contribution in [0.2, 0.25) is 0 Å². The van der Waals surface area contributed by atoms with E-state index in [2.05, 4.69) is 53.5 Å². The molecule has 0 radical (unpaired) electrons. The van der Waals surface area contributed by atoms with E-state index in [1.807, 2.05) is 18.5 Å². The molecule has 0 fully saturated rings. The lowest BCUT2D eigenvalue weighted by atomic mass is 10.1. The summed E-state index contributed by atoms with van der Waals surface area (Å²) in [5, 5.41) is 7.88. The van der Waals surface area contributed by atoms with Gasteiger partial charge in [-0.1, -0.05) is 38.1 Å². The Labute approximate surface area is 121 Å². The van der Waals surface area contributed by atoms with Crippen LogP contribution < -0.4 is 5.32 Å². The molecule has 0 spiro atoms. The summed E-state index contributed by atoms with van der Waals surface area (Å²) < 4.78 is 1.95. The molecule has 1 aromatic carbocycles. The fraction of sp³-hybridized carbons (Fsp3) is 0.500. The summed E-state index contributed by atoms with van der Waals surface area (Å²) in [6.45, 7) is 11.1. The van der Waals surface area contributed by atoms with Gasteiger partial charge in [-0.15, -0.1) is 0 Å². The topological polar surface area (TPSA) is 42.7 Å². The van der Waals surface area contributed by atoms with Gasteiger partial charge in [0.2, 0.25) is 0 Å². The highest BCUT2D eigenvalue weighted by Gasteiger charge is 2.04. The first-order chi connectivity index (χ1) is 9.54. The Kier molecular flexibility index (Phi) is 4.90. The summed E-state index contributed by atoms with van der Waals surface area (Å²) in [5.41, 5.74) is 2.58. The van der Waals surface area contributed by atoms with Crippen molar-refractivity contribution in [2.75, 3.05) is 6.54 Å². The molecule has 0 amide bonds. The third-order valence-corrected chi connectivity index (χ3v) is 3.17. The Balaban J connectivity index is 2.00. The number of hydrogen-bond donors (Lipinski definition) is 1. The Morgan fingerprint density at radius 2 is 1.95 bits per heavy atom. The number of aryl methyl sites for hydroxylation is 2. The maximum Gasteiger partial charge on any atom is 0.147 e. The van der Waals surface area contributed by atoms with Crippen molar-refractivity contribution in [3.63, 3.8) is 0 Å². The molecule has 1 aromatic heterocycles. The van der Waals surface area contributed by atoms with Crippen molar-refractivity contribution in [2.45, 2.75) is 40.8 Å². The minimum absolute atomic E-state index is 0.680. The molecular weight excluding hydrogens is 248 g/mol. The number of hydrogen-bond acceptors (Lipinski definition) is 3. The Bertz CT molecular complexity index is 557. The van der Waals surface area contributed by atoms with E-state index >= 15 is 0 Å². The minimum atomic E-state index is 0.680. The fourth-order valence-corrected chi connectivity index (χ4v) is 2.23. The number of nitrogens with zero attached hydrogens (tertiary/aromatic N) is 3. The third-order valence-electron chi connectivity index (χ3n) is 3.17. The van der Waals surface area contributed by atoms with Gasteiger partial charge in [0.1, 0.15) is 11.6 Å². The van der Waals surface area contributed by atoms with Crippen LogP contribution in [0.25, 0.3) is 0 Å². The van der Waals surface area contributed by atoms with Gasteiger partial charge in [-0.25, -0.2) is 9.67 Å². The van der Waals surface area contributed by atoms with Gasteiger partial charge >= 0.3 is 0 Å². The SMILES string of the molecule is Cc1nc(C)n(Cc2cccc(CNCC(C)C)c2)n1. The summed E-state index contributed by atoms with van der Waals surface area (Å²) in [7, 11) is 0. The highest BCUT2D eigenvalue weighted by molar-refractivity contribution is 5.23. The molecular formula is C16H24N4. The van der Waals surface area contributed by atoms with Crippen LogP contribution in [0, 0.1) is 19.8 Å². The third kappa shape index (κ3) is 4.17. The average Bonchev–Trinajstić information content (AvgIpc) is 2.68. The zero-order valence-electron chi connectivity index (χ0n) is 12.8. The van der Waals surface area contributed by atoms with Gasteiger partial charge < -0.3 is 5.32 Å². The van der Waals surface area contributed by atoms with Crippen molar-refractivity contribution in [1.29, 1.82) is 0 Å². The van der Waals surface area contributed by atoms with Crippen LogP contribution in [0.15, 0.2) is 24.3 Å². The van der Waals surface area contributed by atoms with Crippen molar-refractivity contribution in [3.8, 4) is 0 Å². The van der Waals surface area contributed by atoms with E-state index in [-0.39, 0.29) is 0 Å². The second-order valence-electron chi connectivity index (χ2n) is 5.71. The summed E-state index contributed by atoms with van der Waals surface area (Å²) in [6.07, 6.45) is 0. The highest BCUT2D eigenvalue weighted by atomic mass is 15.3. The highest BCUT2D eigenvalue weighted by Crippen LogP contribution is 2.08. The monoisotopic (exact) mass is 272 g/mol. The van der Waals surface area contributed by atoms with E-state index in [0.717, 1.165) is 31.3 Å². The normalized spacial score (nSPS) is 11.2. The Morgan fingerprint density at radius 1 is 1.20 bits per heavy atom. The Hall–Kier alpha value is -1.68. The molecule has 0 aliphatic heterocycles. The van der Waals surface area contributed by atoms with Gasteiger partial charge in [0.25, 0.3) is 0 Å². The van der Waals surface area contributed by atoms with Gasteiger partial charge in [0.05, 0.1) is 6.54 Å². The molecule has 1 N–H and O–H groups in total. The molecule has 0 saturated carbocycles. The summed E-state index contributed by atoms with van der Waals surface area (Å²) in [4.78, 5) is 4.34. The predicted molar refractivity (Wildman–Crippen MR) is 81.6 cm³/mol. The van der Waals surface area contributed by atoms with Crippen LogP contribution >= 0.6 is 0 Å². The summed E-state index contributed by atoms with van der Waals surface area (Å²) >= 11 is 0. The van der Waals surface area contributed by atoms with E-state index in [9.17, 15) is 0 Å². The number of nitrogens with one attached hydrogen (secondary N) is 1. The second kappa shape index (κ2) is 6.66. The molecule has 0 aliphatic carbocycles. The van der Waals surface area contributed by atoms with Gasteiger partial charge in [0.15, 0.2) is 0 Å². The molecule has 1 heterocycles. The van der Waals surface area contributed by atoms with Crippen LogP contribution in [-0.2, 0) is 13.1 Å². The van der Waals surface area contributed by atoms with E-state index in [1.54, 1.807) is 0 Å². The zero-order chi connectivity index (χ0) is 14.5. The van der Waals surface area contributed by atoms with Crippen LogP contribution in [0.5, 0.6) is 0 Å². The second-order valence-corrected chi connectivity index (χ2v) is 5.71. The van der Waals surface area contributed by atoms with Crippen molar-refractivity contribution in [2.24, 2.45) is 5.92 Å². The maximum atomic E-state index is 4.41. The largest absolute Gasteiger partial charge is 0.312 e. The van der Waals surface area contributed by atoms with Crippen molar-refractivity contribution in [1.82, 2.24) is 20.1 Å². The number of rotatable bonds is 6. The van der Waals surface area contributed by atoms with Crippen LogP contribution in [0.4, 0.5) is 0 Å². The zero-order valence-corrected chi connectivity index (χ0v) is 12.8. The molecule has 0 aliphatic rings. The van der Waals surface area contributed by atoms with Crippen LogP contribution in [0.1, 0.15) is 36.6 Å². The number of benzene rings is 1.